The number of carbonyl (C=O) groups is 3. The first-order valence-electron chi connectivity index (χ1n) is 8.75. The van der Waals surface area contributed by atoms with Gasteiger partial charge in [0.2, 0.25) is 0 Å². The number of amides is 4. The Balaban J connectivity index is 1.58. The first-order chi connectivity index (χ1) is 12.4. The van der Waals surface area contributed by atoms with Crippen LogP contribution in [0.15, 0.2) is 24.3 Å². The lowest BCUT2D eigenvalue weighted by Gasteiger charge is -2.19. The van der Waals surface area contributed by atoms with E-state index in [1.165, 1.54) is 0 Å². The highest BCUT2D eigenvalue weighted by Gasteiger charge is 2.47. The second kappa shape index (κ2) is 7.33. The molecule has 4 amide bonds. The van der Waals surface area contributed by atoms with E-state index in [0.717, 1.165) is 24.5 Å². The molecule has 0 saturated carbocycles. The van der Waals surface area contributed by atoms with E-state index < -0.39 is 23.4 Å². The van der Waals surface area contributed by atoms with Crippen molar-refractivity contribution in [2.75, 3.05) is 13.2 Å². The molecule has 8 heteroatoms. The van der Waals surface area contributed by atoms with Crippen molar-refractivity contribution in [1.29, 1.82) is 0 Å². The van der Waals surface area contributed by atoms with Crippen molar-refractivity contribution < 1.29 is 23.9 Å². The molecule has 1 aromatic carbocycles. The lowest BCUT2D eigenvalue weighted by Crippen LogP contribution is -2.48. The fourth-order valence-corrected chi connectivity index (χ4v) is 2.86. The Morgan fingerprint density at radius 3 is 2.69 bits per heavy atom. The van der Waals surface area contributed by atoms with E-state index in [4.69, 9.17) is 9.47 Å². The molecule has 2 heterocycles. The lowest BCUT2D eigenvalue weighted by molar-refractivity contribution is -0.132. The Bertz CT molecular complexity index is 699. The summed E-state index contributed by atoms with van der Waals surface area (Å²) in [6.07, 6.45) is 2.59. The van der Waals surface area contributed by atoms with Crippen LogP contribution in [0.25, 0.3) is 0 Å². The van der Waals surface area contributed by atoms with Gasteiger partial charge in [-0.1, -0.05) is 6.92 Å². The largest absolute Gasteiger partial charge is 0.491 e. The molecule has 1 aromatic rings. The maximum atomic E-state index is 12.3. The van der Waals surface area contributed by atoms with Gasteiger partial charge in [0.25, 0.3) is 11.8 Å². The van der Waals surface area contributed by atoms with Gasteiger partial charge in [-0.25, -0.2) is 4.79 Å². The van der Waals surface area contributed by atoms with Gasteiger partial charge in [-0.15, -0.1) is 0 Å². The zero-order valence-corrected chi connectivity index (χ0v) is 14.9. The number of imide groups is 1. The lowest BCUT2D eigenvalue weighted by atomic mass is 10.00. The van der Waals surface area contributed by atoms with Gasteiger partial charge in [0.05, 0.1) is 6.10 Å². The molecule has 0 aromatic heterocycles. The molecule has 2 fully saturated rings. The van der Waals surface area contributed by atoms with Crippen molar-refractivity contribution in [2.45, 2.75) is 44.8 Å². The summed E-state index contributed by atoms with van der Waals surface area (Å²) in [6.45, 7) is 4.66. The number of urea groups is 1. The van der Waals surface area contributed by atoms with E-state index in [1.807, 2.05) is 0 Å². The number of carbonyl (C=O) groups excluding carboxylic acids is 3. The fraction of sp³-hybridized carbons (Fsp3) is 0.500. The van der Waals surface area contributed by atoms with Crippen LogP contribution < -0.4 is 15.5 Å². The van der Waals surface area contributed by atoms with Crippen molar-refractivity contribution in [3.8, 4) is 5.75 Å². The molecule has 8 nitrogen and oxygen atoms in total. The van der Waals surface area contributed by atoms with Gasteiger partial charge < -0.3 is 14.8 Å². The van der Waals surface area contributed by atoms with Crippen molar-refractivity contribution >= 4 is 17.8 Å². The van der Waals surface area contributed by atoms with Gasteiger partial charge >= 0.3 is 6.03 Å². The number of nitrogens with zero attached hydrogens (tertiary/aromatic N) is 1. The van der Waals surface area contributed by atoms with Gasteiger partial charge in [-0.2, -0.15) is 5.01 Å². The molecule has 2 saturated heterocycles. The highest BCUT2D eigenvalue weighted by molar-refractivity contribution is 6.09. The van der Waals surface area contributed by atoms with Crippen molar-refractivity contribution in [2.24, 2.45) is 0 Å². The number of benzene rings is 1. The van der Waals surface area contributed by atoms with E-state index in [9.17, 15) is 14.4 Å². The van der Waals surface area contributed by atoms with Crippen LogP contribution in [0, 0.1) is 0 Å². The minimum absolute atomic E-state index is 0.116. The Morgan fingerprint density at radius 1 is 1.38 bits per heavy atom. The maximum absolute atomic E-state index is 12.3. The van der Waals surface area contributed by atoms with Gasteiger partial charge in [-0.3, -0.25) is 15.0 Å². The smallest absolute Gasteiger partial charge is 0.344 e. The topological polar surface area (TPSA) is 97.0 Å². The van der Waals surface area contributed by atoms with Gasteiger partial charge in [-0.05, 0) is 50.5 Å². The molecule has 3 rings (SSSR count). The summed E-state index contributed by atoms with van der Waals surface area (Å²) in [5, 5.41) is 3.31. The number of hydrogen-bond acceptors (Lipinski definition) is 5. The zero-order valence-electron chi connectivity index (χ0n) is 14.9. The summed E-state index contributed by atoms with van der Waals surface area (Å²) in [4.78, 5) is 36.6. The first-order valence-corrected chi connectivity index (χ1v) is 8.75. The Kier molecular flexibility index (Phi) is 5.13. The van der Waals surface area contributed by atoms with E-state index in [-0.39, 0.29) is 6.10 Å². The van der Waals surface area contributed by atoms with Crippen molar-refractivity contribution in [3.05, 3.63) is 29.8 Å². The quantitative estimate of drug-likeness (QED) is 0.751. The third kappa shape index (κ3) is 3.65. The third-order valence-corrected chi connectivity index (χ3v) is 4.76. The minimum Gasteiger partial charge on any atom is -0.491 e. The van der Waals surface area contributed by atoms with Crippen LogP contribution in [-0.2, 0) is 9.53 Å². The molecule has 0 bridgehead atoms. The second-order valence-corrected chi connectivity index (χ2v) is 6.67. The third-order valence-electron chi connectivity index (χ3n) is 4.76. The molecular formula is C18H23N3O5. The molecular weight excluding hydrogens is 338 g/mol. The maximum Gasteiger partial charge on any atom is 0.344 e. The van der Waals surface area contributed by atoms with E-state index in [0.29, 0.717) is 24.3 Å². The monoisotopic (exact) mass is 361 g/mol. The van der Waals surface area contributed by atoms with Gasteiger partial charge in [0.1, 0.15) is 17.9 Å². The Morgan fingerprint density at radius 2 is 2.12 bits per heavy atom. The molecule has 2 N–H and O–H groups in total. The van der Waals surface area contributed by atoms with Gasteiger partial charge in [0.15, 0.2) is 0 Å². The highest BCUT2D eigenvalue weighted by Crippen LogP contribution is 2.20. The number of hydrazine groups is 1. The molecule has 26 heavy (non-hydrogen) atoms. The first kappa shape index (κ1) is 18.2. The summed E-state index contributed by atoms with van der Waals surface area (Å²) < 4.78 is 11.1. The van der Waals surface area contributed by atoms with Gasteiger partial charge in [0, 0.05) is 12.2 Å². The minimum atomic E-state index is -0.996. The molecule has 2 atom stereocenters. The summed E-state index contributed by atoms with van der Waals surface area (Å²) in [7, 11) is 0. The van der Waals surface area contributed by atoms with E-state index >= 15 is 0 Å². The molecule has 2 aliphatic rings. The number of rotatable bonds is 6. The molecule has 140 valence electrons. The molecule has 2 aliphatic heterocycles. The summed E-state index contributed by atoms with van der Waals surface area (Å²) in [5.74, 6) is -0.389. The summed E-state index contributed by atoms with van der Waals surface area (Å²) in [6, 6.07) is 5.87. The van der Waals surface area contributed by atoms with Crippen LogP contribution in [0.5, 0.6) is 5.75 Å². The second-order valence-electron chi connectivity index (χ2n) is 6.67. The Labute approximate surface area is 151 Å². The van der Waals surface area contributed by atoms with Crippen LogP contribution in [0.1, 0.15) is 43.5 Å². The Hall–Kier alpha value is -2.61. The average Bonchev–Trinajstić information content (AvgIpc) is 3.23. The fourth-order valence-electron chi connectivity index (χ4n) is 2.86. The number of hydrogen-bond donors (Lipinski definition) is 2. The predicted molar refractivity (Wildman–Crippen MR) is 92.5 cm³/mol. The van der Waals surface area contributed by atoms with Crippen LogP contribution in [-0.4, -0.2) is 47.7 Å². The van der Waals surface area contributed by atoms with Crippen molar-refractivity contribution in [1.82, 2.24) is 15.8 Å². The summed E-state index contributed by atoms with van der Waals surface area (Å²) >= 11 is 0. The molecule has 0 aliphatic carbocycles. The van der Waals surface area contributed by atoms with Crippen LogP contribution in [0.2, 0.25) is 0 Å². The van der Waals surface area contributed by atoms with Crippen LogP contribution in [0.4, 0.5) is 4.79 Å². The molecule has 0 radical (unpaired) electrons. The zero-order chi connectivity index (χ0) is 18.7. The van der Waals surface area contributed by atoms with Crippen LogP contribution >= 0.6 is 0 Å². The van der Waals surface area contributed by atoms with E-state index in [1.54, 1.807) is 38.1 Å². The average molecular weight is 361 g/mol. The molecule has 0 unspecified atom stereocenters. The van der Waals surface area contributed by atoms with E-state index in [2.05, 4.69) is 10.7 Å². The highest BCUT2D eigenvalue weighted by atomic mass is 16.5. The standard InChI is InChI=1S/C18H23N3O5/c1-3-18(2)16(23)21(17(24)19-18)20-15(22)12-6-8-13(9-7-12)26-11-14-5-4-10-25-14/h6-9,14H,3-5,10-11H2,1-2H3,(H,19,24)(H,20,22)/t14-,18-/m1/s1. The molecule has 0 spiro atoms. The SMILES string of the molecule is CC[C@@]1(C)NC(=O)N(NC(=O)c2ccc(OC[C@H]3CCCO3)cc2)C1=O. The number of ether oxygens (including phenoxy) is 2. The van der Waals surface area contributed by atoms with Crippen molar-refractivity contribution in [3.63, 3.8) is 0 Å². The normalized spacial score (nSPS) is 25.3. The number of nitrogens with one attached hydrogen (secondary N) is 2. The summed E-state index contributed by atoms with van der Waals surface area (Å²) in [5.41, 5.74) is 1.68. The predicted octanol–water partition coefficient (Wildman–Crippen LogP) is 1.61. The van der Waals surface area contributed by atoms with Crippen LogP contribution in [0.3, 0.4) is 0 Å².